The third-order valence-electron chi connectivity index (χ3n) is 5.59. The number of rotatable bonds is 8. The zero-order chi connectivity index (χ0) is 23.6. The first kappa shape index (κ1) is 23.1. The molecule has 2 aliphatic heterocycles. The van der Waals surface area contributed by atoms with Crippen LogP contribution >= 0.6 is 11.3 Å². The number of halogens is 3. The highest BCUT2D eigenvalue weighted by atomic mass is 32.1. The van der Waals surface area contributed by atoms with Crippen LogP contribution in [0.5, 0.6) is 0 Å². The first-order valence-electron chi connectivity index (χ1n) is 10.7. The lowest BCUT2D eigenvalue weighted by Gasteiger charge is -2.39. The number of thiophene rings is 1. The van der Waals surface area contributed by atoms with Crippen molar-refractivity contribution >= 4 is 34.7 Å². The average Bonchev–Trinajstić information content (AvgIpc) is 3.43. The fraction of sp³-hybridized carbons (Fsp3) is 0.409. The molecule has 0 bridgehead atoms. The minimum atomic E-state index is -4.39. The van der Waals surface area contributed by atoms with Crippen LogP contribution in [-0.2, 0) is 17.5 Å². The zero-order valence-electron chi connectivity index (χ0n) is 18.0. The van der Waals surface area contributed by atoms with Crippen LogP contribution in [0.2, 0.25) is 0 Å². The Morgan fingerprint density at radius 2 is 2.00 bits per heavy atom. The molecule has 2 aromatic rings. The second-order valence-electron chi connectivity index (χ2n) is 7.86. The van der Waals surface area contributed by atoms with E-state index in [1.54, 1.807) is 4.90 Å². The van der Waals surface area contributed by atoms with Gasteiger partial charge in [0.15, 0.2) is 0 Å². The van der Waals surface area contributed by atoms with Crippen LogP contribution in [0.3, 0.4) is 0 Å². The van der Waals surface area contributed by atoms with E-state index in [-0.39, 0.29) is 24.8 Å². The molecule has 1 aromatic carbocycles. The molecule has 176 valence electrons. The Labute approximate surface area is 193 Å². The fourth-order valence-electron chi connectivity index (χ4n) is 3.81. The van der Waals surface area contributed by atoms with Crippen molar-refractivity contribution in [2.45, 2.75) is 51.6 Å². The molecule has 11 heteroatoms. The largest absolute Gasteiger partial charge is 0.416 e. The number of amides is 2. The van der Waals surface area contributed by atoms with Crippen LogP contribution in [-0.4, -0.2) is 35.4 Å². The number of hydrazone groups is 1. The summed E-state index contributed by atoms with van der Waals surface area (Å²) in [6.07, 6.45) is -2.44. The lowest BCUT2D eigenvalue weighted by atomic mass is 10.1. The van der Waals surface area contributed by atoms with Gasteiger partial charge in [0.1, 0.15) is 10.7 Å². The van der Waals surface area contributed by atoms with Crippen molar-refractivity contribution in [3.05, 3.63) is 51.7 Å². The molecule has 33 heavy (non-hydrogen) atoms. The summed E-state index contributed by atoms with van der Waals surface area (Å²) in [5, 5.41) is 9.00. The van der Waals surface area contributed by atoms with Crippen molar-refractivity contribution in [3.8, 4) is 0 Å². The van der Waals surface area contributed by atoms with Gasteiger partial charge in [-0.2, -0.15) is 18.3 Å². The molecule has 0 fully saturated rings. The Kier molecular flexibility index (Phi) is 6.59. The molecule has 0 spiro atoms. The summed E-state index contributed by atoms with van der Waals surface area (Å²) < 4.78 is 38.0. The smallest absolute Gasteiger partial charge is 0.352 e. The van der Waals surface area contributed by atoms with E-state index in [0.717, 1.165) is 30.7 Å². The van der Waals surface area contributed by atoms with Gasteiger partial charge < -0.3 is 5.32 Å². The molecule has 0 aliphatic carbocycles. The lowest BCUT2D eigenvalue weighted by Crippen LogP contribution is -2.58. The maximum absolute atomic E-state index is 12.9. The molecular formula is C22H24F3N5O2S. The third-order valence-corrected chi connectivity index (χ3v) is 6.48. The summed E-state index contributed by atoms with van der Waals surface area (Å²) in [5.74, 6) is 0.411. The molecule has 7 nitrogen and oxygen atoms in total. The zero-order valence-corrected chi connectivity index (χ0v) is 18.8. The number of alkyl halides is 3. The molecule has 1 aromatic heterocycles. The van der Waals surface area contributed by atoms with Crippen LogP contribution in [0, 0.1) is 0 Å². The molecule has 0 saturated heterocycles. The molecule has 0 radical (unpaired) electrons. The summed E-state index contributed by atoms with van der Waals surface area (Å²) in [4.78, 5) is 29.6. The van der Waals surface area contributed by atoms with E-state index in [1.165, 1.54) is 23.5 Å². The normalized spacial score (nSPS) is 17.4. The number of anilines is 1. The van der Waals surface area contributed by atoms with Gasteiger partial charge >= 0.3 is 6.18 Å². The summed E-state index contributed by atoms with van der Waals surface area (Å²) in [7, 11) is 0. The molecule has 1 atom stereocenters. The lowest BCUT2D eigenvalue weighted by molar-refractivity contribution is -0.137. The number of amidine groups is 1. The van der Waals surface area contributed by atoms with Gasteiger partial charge in [0.05, 0.1) is 11.3 Å². The summed E-state index contributed by atoms with van der Waals surface area (Å²) in [5.41, 5.74) is 3.68. The van der Waals surface area contributed by atoms with Crippen molar-refractivity contribution in [2.24, 2.45) is 5.10 Å². The number of hydrogen-bond acceptors (Lipinski definition) is 6. The molecule has 2 aliphatic rings. The summed E-state index contributed by atoms with van der Waals surface area (Å²) in [6.45, 7) is 2.81. The predicted octanol–water partition coefficient (Wildman–Crippen LogP) is 4.13. The minimum Gasteiger partial charge on any atom is -0.352 e. The number of carbonyl (C=O) groups excluding carboxylic acids is 2. The van der Waals surface area contributed by atoms with Gasteiger partial charge in [0.2, 0.25) is 12.2 Å². The van der Waals surface area contributed by atoms with E-state index in [1.807, 2.05) is 16.3 Å². The van der Waals surface area contributed by atoms with Gasteiger partial charge in [-0.05, 0) is 35.6 Å². The van der Waals surface area contributed by atoms with E-state index in [4.69, 9.17) is 0 Å². The van der Waals surface area contributed by atoms with E-state index in [9.17, 15) is 22.8 Å². The van der Waals surface area contributed by atoms with E-state index in [2.05, 4.69) is 22.8 Å². The van der Waals surface area contributed by atoms with Crippen LogP contribution in [0.15, 0.2) is 40.8 Å². The average molecular weight is 480 g/mol. The Bertz CT molecular complexity index is 1050. The first-order chi connectivity index (χ1) is 15.8. The van der Waals surface area contributed by atoms with Gasteiger partial charge in [-0.25, -0.2) is 0 Å². The van der Waals surface area contributed by atoms with Crippen LogP contribution in [0.1, 0.15) is 53.4 Å². The highest BCUT2D eigenvalue weighted by Crippen LogP contribution is 2.37. The third kappa shape index (κ3) is 4.82. The number of unbranched alkanes of at least 4 members (excludes halogenated alkanes) is 1. The van der Waals surface area contributed by atoms with Crippen molar-refractivity contribution in [1.82, 2.24) is 15.6 Å². The van der Waals surface area contributed by atoms with Gasteiger partial charge in [-0.15, -0.1) is 11.3 Å². The van der Waals surface area contributed by atoms with Crippen molar-refractivity contribution in [3.63, 3.8) is 0 Å². The number of benzene rings is 1. The van der Waals surface area contributed by atoms with Gasteiger partial charge in [-0.3, -0.25) is 24.8 Å². The number of fused-ring (bicyclic) bond motifs is 3. The summed E-state index contributed by atoms with van der Waals surface area (Å²) in [6, 6.07) is 6.59. The highest BCUT2D eigenvalue weighted by Gasteiger charge is 2.43. The molecule has 2 N–H and O–H groups in total. The molecule has 1 unspecified atom stereocenters. The van der Waals surface area contributed by atoms with Crippen molar-refractivity contribution in [1.29, 1.82) is 0 Å². The molecule has 0 saturated carbocycles. The Hall–Kier alpha value is -3.08. The molecular weight excluding hydrogens is 455 g/mol. The molecule has 2 amide bonds. The highest BCUT2D eigenvalue weighted by molar-refractivity contribution is 7.12. The number of carbonyl (C=O) groups is 2. The molecule has 3 heterocycles. The van der Waals surface area contributed by atoms with Crippen LogP contribution in [0.4, 0.5) is 18.9 Å². The SMILES string of the molecule is CCCCN1C(=O)c2sccc2N2C(CCC(=O)NCc3ccc(C(F)(F)F)cc3)=NNC12. The van der Waals surface area contributed by atoms with Crippen molar-refractivity contribution < 1.29 is 22.8 Å². The second-order valence-corrected chi connectivity index (χ2v) is 8.78. The van der Waals surface area contributed by atoms with Gasteiger partial charge in [0.25, 0.3) is 5.91 Å². The molecule has 4 rings (SSSR count). The van der Waals surface area contributed by atoms with E-state index < -0.39 is 18.0 Å². The Morgan fingerprint density at radius 1 is 1.24 bits per heavy atom. The maximum atomic E-state index is 12.9. The Morgan fingerprint density at radius 3 is 2.70 bits per heavy atom. The quantitative estimate of drug-likeness (QED) is 0.597. The number of nitrogens with one attached hydrogen (secondary N) is 2. The second kappa shape index (κ2) is 9.42. The van der Waals surface area contributed by atoms with Crippen LogP contribution < -0.4 is 15.6 Å². The Balaban J connectivity index is 1.35. The predicted molar refractivity (Wildman–Crippen MR) is 120 cm³/mol. The summed E-state index contributed by atoms with van der Waals surface area (Å²) >= 11 is 1.39. The number of nitrogens with zero attached hydrogens (tertiary/aromatic N) is 3. The monoisotopic (exact) mass is 479 g/mol. The minimum absolute atomic E-state index is 0.0204. The topological polar surface area (TPSA) is 77.0 Å². The van der Waals surface area contributed by atoms with Gasteiger partial charge in [0, 0.05) is 25.9 Å². The standard InChI is InChI=1S/C22H24F3N5O2S/c1-2-3-11-29-20(32)19-16(10-12-33-19)30-17(27-28-21(29)30)8-9-18(31)26-13-14-4-6-15(7-5-14)22(23,24)25/h4-7,10,12,21,28H,2-3,8-9,11,13H2,1H3,(H,26,31). The van der Waals surface area contributed by atoms with Gasteiger partial charge in [-0.1, -0.05) is 25.5 Å². The van der Waals surface area contributed by atoms with Crippen LogP contribution in [0.25, 0.3) is 0 Å². The van der Waals surface area contributed by atoms with E-state index in [0.29, 0.717) is 29.2 Å². The van der Waals surface area contributed by atoms with Crippen molar-refractivity contribution in [2.75, 3.05) is 11.4 Å². The maximum Gasteiger partial charge on any atom is 0.416 e. The first-order valence-corrected chi connectivity index (χ1v) is 11.6. The van der Waals surface area contributed by atoms with E-state index >= 15 is 0 Å². The fourth-order valence-corrected chi connectivity index (χ4v) is 4.65. The number of hydrogen-bond donors (Lipinski definition) is 2.